The summed E-state index contributed by atoms with van der Waals surface area (Å²) < 4.78 is 5.05. The Bertz CT molecular complexity index is 664. The van der Waals surface area contributed by atoms with E-state index in [9.17, 15) is 9.59 Å². The number of aryl methyl sites for hydroxylation is 2. The average Bonchev–Trinajstić information content (AvgIpc) is 2.88. The zero-order valence-electron chi connectivity index (χ0n) is 12.5. The molecule has 0 aliphatic rings. The normalized spacial score (nSPS) is 11.9. The first kappa shape index (κ1) is 15.8. The van der Waals surface area contributed by atoms with E-state index >= 15 is 0 Å². The van der Waals surface area contributed by atoms with Crippen molar-refractivity contribution in [2.75, 3.05) is 0 Å². The molecular weight excluding hydrogens is 284 g/mol. The Labute approximate surface area is 128 Å². The fraction of sp³-hybridized carbons (Fsp3) is 0.312. The highest BCUT2D eigenvalue weighted by Crippen LogP contribution is 2.20. The van der Waals surface area contributed by atoms with Gasteiger partial charge in [-0.1, -0.05) is 42.4 Å². The number of rotatable bonds is 6. The lowest BCUT2D eigenvalue weighted by molar-refractivity contribution is -0.137. The number of aromatic nitrogens is 1. The van der Waals surface area contributed by atoms with E-state index in [0.717, 1.165) is 5.56 Å². The molecule has 0 saturated heterocycles. The van der Waals surface area contributed by atoms with E-state index in [1.165, 1.54) is 0 Å². The van der Waals surface area contributed by atoms with Crippen LogP contribution in [0.1, 0.15) is 46.8 Å². The number of carbonyl (C=O) groups is 2. The van der Waals surface area contributed by atoms with Gasteiger partial charge in [-0.2, -0.15) is 0 Å². The van der Waals surface area contributed by atoms with E-state index in [2.05, 4.69) is 10.5 Å². The van der Waals surface area contributed by atoms with E-state index in [0.29, 0.717) is 23.4 Å². The van der Waals surface area contributed by atoms with E-state index < -0.39 is 12.0 Å². The molecule has 2 aromatic rings. The lowest BCUT2D eigenvalue weighted by atomic mass is 10.0. The Balaban J connectivity index is 2.25. The molecular formula is C16H18N2O4. The summed E-state index contributed by atoms with van der Waals surface area (Å²) in [5.74, 6) is -0.922. The minimum absolute atomic E-state index is 0.193. The number of hydrogen-bond acceptors (Lipinski definition) is 4. The summed E-state index contributed by atoms with van der Waals surface area (Å²) in [4.78, 5) is 23.5. The van der Waals surface area contributed by atoms with Crippen molar-refractivity contribution in [3.63, 3.8) is 0 Å². The quantitative estimate of drug-likeness (QED) is 0.855. The van der Waals surface area contributed by atoms with Gasteiger partial charge in [0.15, 0.2) is 0 Å². The van der Waals surface area contributed by atoms with E-state index in [-0.39, 0.29) is 12.3 Å². The minimum atomic E-state index is -0.980. The molecule has 1 aromatic carbocycles. The lowest BCUT2D eigenvalue weighted by Gasteiger charge is -2.17. The van der Waals surface area contributed by atoms with Gasteiger partial charge in [0.1, 0.15) is 11.3 Å². The van der Waals surface area contributed by atoms with Crippen LogP contribution in [0.3, 0.4) is 0 Å². The van der Waals surface area contributed by atoms with Crippen molar-refractivity contribution in [1.82, 2.24) is 10.5 Å². The molecule has 0 bridgehead atoms. The molecule has 1 atom stereocenters. The topological polar surface area (TPSA) is 92.4 Å². The molecule has 1 aromatic heterocycles. The minimum Gasteiger partial charge on any atom is -0.481 e. The highest BCUT2D eigenvalue weighted by atomic mass is 16.5. The molecule has 0 saturated carbocycles. The van der Waals surface area contributed by atoms with Gasteiger partial charge in [-0.3, -0.25) is 9.59 Å². The van der Waals surface area contributed by atoms with Gasteiger partial charge >= 0.3 is 5.97 Å². The van der Waals surface area contributed by atoms with Crippen LogP contribution in [0, 0.1) is 6.92 Å². The van der Waals surface area contributed by atoms with Gasteiger partial charge in [0.2, 0.25) is 0 Å². The van der Waals surface area contributed by atoms with Crippen LogP contribution in [0.5, 0.6) is 0 Å². The van der Waals surface area contributed by atoms with Crippen LogP contribution < -0.4 is 5.32 Å². The smallest absolute Gasteiger partial charge is 0.305 e. The summed E-state index contributed by atoms with van der Waals surface area (Å²) in [5.41, 5.74) is 1.69. The second-order valence-corrected chi connectivity index (χ2v) is 4.95. The molecule has 0 radical (unpaired) electrons. The van der Waals surface area contributed by atoms with Crippen molar-refractivity contribution in [3.05, 3.63) is 52.9 Å². The van der Waals surface area contributed by atoms with Crippen LogP contribution in [0.4, 0.5) is 0 Å². The molecule has 0 fully saturated rings. The fourth-order valence-electron chi connectivity index (χ4n) is 2.29. The molecule has 1 amide bonds. The number of hydrogen-bond donors (Lipinski definition) is 2. The highest BCUT2D eigenvalue weighted by Gasteiger charge is 2.24. The van der Waals surface area contributed by atoms with Gasteiger partial charge in [-0.25, -0.2) is 0 Å². The van der Waals surface area contributed by atoms with E-state index in [4.69, 9.17) is 9.63 Å². The summed E-state index contributed by atoms with van der Waals surface area (Å²) in [5, 5.41) is 15.7. The standard InChI is InChI=1S/C16H18N2O4/c1-3-12-15(10(2)22-18-12)16(21)17-13(9-14(19)20)11-7-5-4-6-8-11/h4-8,13H,3,9H2,1-2H3,(H,17,21)(H,19,20). The molecule has 0 aliphatic heterocycles. The molecule has 6 nitrogen and oxygen atoms in total. The maximum Gasteiger partial charge on any atom is 0.305 e. The van der Waals surface area contributed by atoms with Crippen LogP contribution in [-0.2, 0) is 11.2 Å². The number of carboxylic acid groups (broad SMARTS) is 1. The number of carboxylic acids is 1. The molecule has 0 aliphatic carbocycles. The molecule has 116 valence electrons. The predicted octanol–water partition coefficient (Wildman–Crippen LogP) is 2.49. The zero-order chi connectivity index (χ0) is 16.1. The van der Waals surface area contributed by atoms with Crippen LogP contribution in [0.25, 0.3) is 0 Å². The summed E-state index contributed by atoms with van der Waals surface area (Å²) >= 11 is 0. The Morgan fingerprint density at radius 2 is 2.00 bits per heavy atom. The highest BCUT2D eigenvalue weighted by molar-refractivity contribution is 5.96. The summed E-state index contributed by atoms with van der Waals surface area (Å²) in [7, 11) is 0. The summed E-state index contributed by atoms with van der Waals surface area (Å²) in [6.07, 6.45) is 0.372. The van der Waals surface area contributed by atoms with Crippen molar-refractivity contribution < 1.29 is 19.2 Å². The van der Waals surface area contributed by atoms with Gasteiger partial charge in [-0.05, 0) is 18.9 Å². The lowest BCUT2D eigenvalue weighted by Crippen LogP contribution is -2.31. The molecule has 2 N–H and O–H groups in total. The van der Waals surface area contributed by atoms with E-state index in [1.54, 1.807) is 31.2 Å². The van der Waals surface area contributed by atoms with Crippen molar-refractivity contribution in [3.8, 4) is 0 Å². The van der Waals surface area contributed by atoms with Crippen LogP contribution in [-0.4, -0.2) is 22.1 Å². The number of carbonyl (C=O) groups excluding carboxylic acids is 1. The second-order valence-electron chi connectivity index (χ2n) is 4.95. The molecule has 22 heavy (non-hydrogen) atoms. The first-order valence-electron chi connectivity index (χ1n) is 7.05. The Morgan fingerprint density at radius 1 is 1.32 bits per heavy atom. The van der Waals surface area contributed by atoms with Gasteiger partial charge < -0.3 is 14.9 Å². The second kappa shape index (κ2) is 6.89. The Hall–Kier alpha value is -2.63. The van der Waals surface area contributed by atoms with E-state index in [1.807, 2.05) is 13.0 Å². The average molecular weight is 302 g/mol. The Morgan fingerprint density at radius 3 is 2.59 bits per heavy atom. The SMILES string of the molecule is CCc1noc(C)c1C(=O)NC(CC(=O)O)c1ccccc1. The maximum atomic E-state index is 12.5. The van der Waals surface area contributed by atoms with Gasteiger partial charge in [-0.15, -0.1) is 0 Å². The third-order valence-corrected chi connectivity index (χ3v) is 3.38. The molecule has 1 unspecified atom stereocenters. The van der Waals surface area contributed by atoms with Gasteiger partial charge in [0.25, 0.3) is 5.91 Å². The number of nitrogens with zero attached hydrogens (tertiary/aromatic N) is 1. The summed E-state index contributed by atoms with van der Waals surface area (Å²) in [6, 6.07) is 8.41. The molecule has 6 heteroatoms. The Kier molecular flexibility index (Phi) is 4.93. The van der Waals surface area contributed by atoms with Crippen molar-refractivity contribution in [2.45, 2.75) is 32.7 Å². The third-order valence-electron chi connectivity index (χ3n) is 3.38. The van der Waals surface area contributed by atoms with Gasteiger partial charge in [0, 0.05) is 0 Å². The first-order chi connectivity index (χ1) is 10.5. The van der Waals surface area contributed by atoms with Crippen molar-refractivity contribution >= 4 is 11.9 Å². The van der Waals surface area contributed by atoms with Crippen LogP contribution in [0.15, 0.2) is 34.9 Å². The maximum absolute atomic E-state index is 12.5. The number of nitrogens with one attached hydrogen (secondary N) is 1. The van der Waals surface area contributed by atoms with Crippen LogP contribution in [0.2, 0.25) is 0 Å². The van der Waals surface area contributed by atoms with Crippen molar-refractivity contribution in [2.24, 2.45) is 0 Å². The van der Waals surface area contributed by atoms with Crippen LogP contribution >= 0.6 is 0 Å². The predicted molar refractivity (Wildman–Crippen MR) is 79.5 cm³/mol. The molecule has 0 spiro atoms. The summed E-state index contributed by atoms with van der Waals surface area (Å²) in [6.45, 7) is 3.54. The zero-order valence-corrected chi connectivity index (χ0v) is 12.5. The van der Waals surface area contributed by atoms with Crippen molar-refractivity contribution in [1.29, 1.82) is 0 Å². The first-order valence-corrected chi connectivity index (χ1v) is 7.05. The molecule has 2 rings (SSSR count). The fourth-order valence-corrected chi connectivity index (χ4v) is 2.29. The number of amides is 1. The third kappa shape index (κ3) is 3.52. The monoisotopic (exact) mass is 302 g/mol. The van der Waals surface area contributed by atoms with Gasteiger partial charge in [0.05, 0.1) is 18.2 Å². The number of benzene rings is 1. The number of aliphatic carboxylic acids is 1. The largest absolute Gasteiger partial charge is 0.481 e. The molecule has 1 heterocycles.